The van der Waals surface area contributed by atoms with Gasteiger partial charge in [0.1, 0.15) is 12.2 Å². The Morgan fingerprint density at radius 2 is 2.15 bits per heavy atom. The molecule has 6 heteroatoms. The number of hydrogen-bond donors (Lipinski definition) is 1. The Labute approximate surface area is 153 Å². The molecular weight excluding hydrogens is 336 g/mol. The van der Waals surface area contributed by atoms with Crippen LogP contribution in [0.3, 0.4) is 0 Å². The van der Waals surface area contributed by atoms with Crippen LogP contribution in [-0.2, 0) is 23.8 Å². The van der Waals surface area contributed by atoms with Gasteiger partial charge in [-0.15, -0.1) is 0 Å². The zero-order valence-corrected chi connectivity index (χ0v) is 15.7. The van der Waals surface area contributed by atoms with Crippen LogP contribution in [0.2, 0.25) is 0 Å². The fourth-order valence-electron chi connectivity index (χ4n) is 3.94. The first-order valence-corrected chi connectivity index (χ1v) is 8.94. The summed E-state index contributed by atoms with van der Waals surface area (Å²) in [4.78, 5) is 24.5. The molecule has 2 fully saturated rings. The van der Waals surface area contributed by atoms with Crippen LogP contribution in [0.15, 0.2) is 35.5 Å². The van der Waals surface area contributed by atoms with E-state index in [0.29, 0.717) is 30.4 Å². The average molecular weight is 362 g/mol. The summed E-state index contributed by atoms with van der Waals surface area (Å²) in [6, 6.07) is 0. The highest BCUT2D eigenvalue weighted by atomic mass is 16.6. The lowest BCUT2D eigenvalue weighted by molar-refractivity contribution is -0.202. The molecule has 3 heterocycles. The molecule has 5 atom stereocenters. The molecule has 0 radical (unpaired) electrons. The molecule has 3 aliphatic heterocycles. The Bertz CT molecular complexity index is 720. The van der Waals surface area contributed by atoms with Gasteiger partial charge in [0.05, 0.1) is 11.5 Å². The van der Waals surface area contributed by atoms with Gasteiger partial charge < -0.3 is 19.3 Å². The lowest BCUT2D eigenvalue weighted by atomic mass is 9.82. The number of aliphatic hydroxyl groups is 1. The first-order chi connectivity index (χ1) is 12.1. The van der Waals surface area contributed by atoms with E-state index in [2.05, 4.69) is 6.58 Å². The summed E-state index contributed by atoms with van der Waals surface area (Å²) in [5.74, 6) is -2.85. The Balaban J connectivity index is 2.03. The van der Waals surface area contributed by atoms with E-state index in [1.807, 2.05) is 6.92 Å². The molecule has 0 aromatic heterocycles. The largest absolute Gasteiger partial charge is 0.458 e. The molecule has 3 aliphatic rings. The summed E-state index contributed by atoms with van der Waals surface area (Å²) in [6.07, 6.45) is 3.48. The third kappa shape index (κ3) is 3.12. The molecule has 2 bridgehead atoms. The predicted octanol–water partition coefficient (Wildman–Crippen LogP) is 2.57. The van der Waals surface area contributed by atoms with Gasteiger partial charge in [0.2, 0.25) is 0 Å². The number of carbonyl (C=O) groups excluding carboxylic acids is 2. The second-order valence-corrected chi connectivity index (χ2v) is 7.73. The van der Waals surface area contributed by atoms with Crippen molar-refractivity contribution in [2.24, 2.45) is 5.92 Å². The smallest absolute Gasteiger partial charge is 0.334 e. The Morgan fingerprint density at radius 3 is 2.81 bits per heavy atom. The summed E-state index contributed by atoms with van der Waals surface area (Å²) >= 11 is 0. The van der Waals surface area contributed by atoms with Crippen LogP contribution in [0.4, 0.5) is 0 Å². The van der Waals surface area contributed by atoms with Crippen molar-refractivity contribution in [2.75, 3.05) is 0 Å². The maximum absolute atomic E-state index is 12.4. The first-order valence-electron chi connectivity index (χ1n) is 8.94. The van der Waals surface area contributed by atoms with Crippen LogP contribution >= 0.6 is 0 Å². The standard InChI is InChI=1S/C20H26O6/c1-6-11(2)17(21)25-15-10-19(5)7-8-20(23,26-19)12(3)9-14-16(15)13(4)18(22)24-14/h6,9,14-16,23H,4,7-8,10H2,1-3,5H3/b11-6+,12-9?/t14-,15+,16-,19+,20-/m0/s1. The Hall–Kier alpha value is -1.92. The molecule has 3 rings (SSSR count). The van der Waals surface area contributed by atoms with E-state index in [-0.39, 0.29) is 5.57 Å². The molecule has 0 unspecified atom stereocenters. The molecule has 1 N–H and O–H groups in total. The summed E-state index contributed by atoms with van der Waals surface area (Å²) in [5.41, 5.74) is 0.677. The van der Waals surface area contributed by atoms with Crippen molar-refractivity contribution < 1.29 is 28.9 Å². The summed E-state index contributed by atoms with van der Waals surface area (Å²) < 4.78 is 17.2. The second-order valence-electron chi connectivity index (χ2n) is 7.73. The van der Waals surface area contributed by atoms with Gasteiger partial charge in [0.15, 0.2) is 5.79 Å². The number of hydrogen-bond acceptors (Lipinski definition) is 6. The molecule has 0 amide bonds. The van der Waals surface area contributed by atoms with Crippen LogP contribution < -0.4 is 0 Å². The zero-order valence-electron chi connectivity index (χ0n) is 15.7. The monoisotopic (exact) mass is 362 g/mol. The fourth-order valence-corrected chi connectivity index (χ4v) is 3.94. The molecule has 26 heavy (non-hydrogen) atoms. The van der Waals surface area contributed by atoms with E-state index in [1.165, 1.54) is 0 Å². The van der Waals surface area contributed by atoms with Crippen molar-refractivity contribution in [3.8, 4) is 0 Å². The Kier molecular flexibility index (Phi) is 4.61. The molecular formula is C20H26O6. The lowest BCUT2D eigenvalue weighted by Gasteiger charge is -2.33. The van der Waals surface area contributed by atoms with Crippen LogP contribution in [0, 0.1) is 5.92 Å². The maximum Gasteiger partial charge on any atom is 0.334 e. The van der Waals surface area contributed by atoms with Crippen molar-refractivity contribution in [2.45, 2.75) is 70.6 Å². The van der Waals surface area contributed by atoms with Crippen molar-refractivity contribution in [1.82, 2.24) is 0 Å². The molecule has 142 valence electrons. The molecule has 0 aromatic carbocycles. The number of fused-ring (bicyclic) bond motifs is 3. The van der Waals surface area contributed by atoms with Gasteiger partial charge in [0.25, 0.3) is 0 Å². The quantitative estimate of drug-likeness (QED) is 0.462. The zero-order chi connectivity index (χ0) is 19.3. The van der Waals surface area contributed by atoms with Gasteiger partial charge in [-0.05, 0) is 45.8 Å². The van der Waals surface area contributed by atoms with Gasteiger partial charge in [-0.1, -0.05) is 12.7 Å². The van der Waals surface area contributed by atoms with Gasteiger partial charge in [-0.3, -0.25) is 0 Å². The summed E-state index contributed by atoms with van der Waals surface area (Å²) in [6.45, 7) is 10.9. The molecule has 6 nitrogen and oxygen atoms in total. The number of rotatable bonds is 2. The minimum atomic E-state index is -1.40. The van der Waals surface area contributed by atoms with Crippen molar-refractivity contribution >= 4 is 11.9 Å². The van der Waals surface area contributed by atoms with E-state index < -0.39 is 41.5 Å². The van der Waals surface area contributed by atoms with Gasteiger partial charge >= 0.3 is 11.9 Å². The third-order valence-corrected chi connectivity index (χ3v) is 5.75. The average Bonchev–Trinajstić information content (AvgIpc) is 3.03. The molecule has 0 aromatic rings. The number of allylic oxidation sites excluding steroid dienone is 1. The minimum absolute atomic E-state index is 0.281. The second kappa shape index (κ2) is 6.35. The fraction of sp³-hybridized carbons (Fsp3) is 0.600. The topological polar surface area (TPSA) is 82.1 Å². The van der Waals surface area contributed by atoms with E-state index in [9.17, 15) is 14.7 Å². The Morgan fingerprint density at radius 1 is 1.46 bits per heavy atom. The highest BCUT2D eigenvalue weighted by Crippen LogP contribution is 2.47. The first kappa shape index (κ1) is 18.9. The van der Waals surface area contributed by atoms with Crippen LogP contribution in [0.1, 0.15) is 47.0 Å². The summed E-state index contributed by atoms with van der Waals surface area (Å²) in [7, 11) is 0. The minimum Gasteiger partial charge on any atom is -0.458 e. The van der Waals surface area contributed by atoms with Gasteiger partial charge in [-0.25, -0.2) is 9.59 Å². The van der Waals surface area contributed by atoms with Gasteiger partial charge in [0, 0.05) is 24.0 Å². The number of ether oxygens (including phenoxy) is 3. The normalized spacial score (nSPS) is 40.1. The van der Waals surface area contributed by atoms with Crippen molar-refractivity contribution in [3.63, 3.8) is 0 Å². The SMILES string of the molecule is C=C1C(=O)O[C@H]2C=C(C)[C@]3(O)CC[C@](C)(C[C@@H](OC(=O)/C(C)=C/C)[C@@H]12)O3. The third-order valence-electron chi connectivity index (χ3n) is 5.75. The van der Waals surface area contributed by atoms with E-state index in [1.54, 1.807) is 32.9 Å². The van der Waals surface area contributed by atoms with E-state index in [0.717, 1.165) is 0 Å². The van der Waals surface area contributed by atoms with E-state index in [4.69, 9.17) is 14.2 Å². The van der Waals surface area contributed by atoms with Crippen LogP contribution in [0.5, 0.6) is 0 Å². The van der Waals surface area contributed by atoms with Crippen molar-refractivity contribution in [3.05, 3.63) is 35.5 Å². The van der Waals surface area contributed by atoms with Gasteiger partial charge in [-0.2, -0.15) is 0 Å². The summed E-state index contributed by atoms with van der Waals surface area (Å²) in [5, 5.41) is 10.9. The molecule has 0 saturated carbocycles. The predicted molar refractivity (Wildman–Crippen MR) is 93.9 cm³/mol. The number of carbonyl (C=O) groups is 2. The van der Waals surface area contributed by atoms with Crippen molar-refractivity contribution in [1.29, 1.82) is 0 Å². The number of esters is 2. The maximum atomic E-state index is 12.4. The van der Waals surface area contributed by atoms with Crippen LogP contribution in [-0.4, -0.2) is 40.6 Å². The molecule has 2 saturated heterocycles. The van der Waals surface area contributed by atoms with Crippen LogP contribution in [0.25, 0.3) is 0 Å². The highest BCUT2D eigenvalue weighted by molar-refractivity contribution is 5.92. The van der Waals surface area contributed by atoms with E-state index >= 15 is 0 Å². The highest BCUT2D eigenvalue weighted by Gasteiger charge is 2.54. The lowest BCUT2D eigenvalue weighted by Crippen LogP contribution is -2.40. The molecule has 0 aliphatic carbocycles. The molecule has 0 spiro atoms.